The Labute approximate surface area is 205 Å². The molecule has 35 heavy (non-hydrogen) atoms. The Morgan fingerprint density at radius 2 is 1.63 bits per heavy atom. The molecule has 1 saturated heterocycles. The van der Waals surface area contributed by atoms with E-state index in [1.54, 1.807) is 30.4 Å². The lowest BCUT2D eigenvalue weighted by atomic mass is 10.2. The molecule has 3 heterocycles. The highest BCUT2D eigenvalue weighted by atomic mass is 32.2. The molecule has 0 bridgehead atoms. The quantitative estimate of drug-likeness (QED) is 0.610. The molecule has 0 aromatic heterocycles. The molecule has 10 heteroatoms. The van der Waals surface area contributed by atoms with Crippen LogP contribution < -0.4 is 24.3 Å². The summed E-state index contributed by atoms with van der Waals surface area (Å²) in [5.74, 6) is 1.85. The first-order valence-corrected chi connectivity index (χ1v) is 11.9. The molecule has 9 nitrogen and oxygen atoms in total. The SMILES string of the molecule is O=C(/C=C/c1ccc2c(c1)OCCCO2)NCCN1C(=O)S/C(=C\c2ccc3c(c2)OCO3)C1=O. The van der Waals surface area contributed by atoms with E-state index in [2.05, 4.69) is 5.32 Å². The summed E-state index contributed by atoms with van der Waals surface area (Å²) in [6.45, 7) is 1.57. The highest BCUT2D eigenvalue weighted by molar-refractivity contribution is 8.18. The van der Waals surface area contributed by atoms with Crippen LogP contribution in [-0.2, 0) is 9.59 Å². The summed E-state index contributed by atoms with van der Waals surface area (Å²) in [6.07, 6.45) is 5.52. The molecule has 5 rings (SSSR count). The number of benzene rings is 2. The Hall–Kier alpha value is -3.92. The van der Waals surface area contributed by atoms with Gasteiger partial charge in [0.2, 0.25) is 12.7 Å². The van der Waals surface area contributed by atoms with Gasteiger partial charge < -0.3 is 24.3 Å². The molecule has 1 fully saturated rings. The lowest BCUT2D eigenvalue weighted by Crippen LogP contribution is -2.36. The summed E-state index contributed by atoms with van der Waals surface area (Å²) in [7, 11) is 0. The molecular weight excluding hydrogens is 472 g/mol. The van der Waals surface area contributed by atoms with Gasteiger partial charge in [0, 0.05) is 25.6 Å². The van der Waals surface area contributed by atoms with Gasteiger partial charge >= 0.3 is 0 Å². The van der Waals surface area contributed by atoms with Crippen molar-refractivity contribution >= 4 is 41.0 Å². The van der Waals surface area contributed by atoms with Crippen LogP contribution in [0.3, 0.4) is 0 Å². The van der Waals surface area contributed by atoms with Gasteiger partial charge in [-0.15, -0.1) is 0 Å². The number of carbonyl (C=O) groups is 3. The summed E-state index contributed by atoms with van der Waals surface area (Å²) >= 11 is 0.867. The Kier molecular flexibility index (Phi) is 6.62. The minimum atomic E-state index is -0.394. The van der Waals surface area contributed by atoms with Gasteiger partial charge in [0.25, 0.3) is 11.1 Å². The molecule has 3 aliphatic heterocycles. The van der Waals surface area contributed by atoms with E-state index in [9.17, 15) is 14.4 Å². The van der Waals surface area contributed by atoms with Crippen LogP contribution in [-0.4, -0.2) is 55.0 Å². The molecule has 1 N–H and O–H groups in total. The fourth-order valence-electron chi connectivity index (χ4n) is 3.65. The molecule has 0 radical (unpaired) electrons. The smallest absolute Gasteiger partial charge is 0.293 e. The van der Waals surface area contributed by atoms with Crippen molar-refractivity contribution in [1.82, 2.24) is 10.2 Å². The fraction of sp³-hybridized carbons (Fsp3) is 0.240. The lowest BCUT2D eigenvalue weighted by Gasteiger charge is -2.12. The summed E-state index contributed by atoms with van der Waals surface area (Å²) in [5, 5.41) is 2.32. The zero-order valence-corrected chi connectivity index (χ0v) is 19.5. The second-order valence-electron chi connectivity index (χ2n) is 7.83. The molecular formula is C25H22N2O7S. The van der Waals surface area contributed by atoms with E-state index in [1.165, 1.54) is 6.08 Å². The third-order valence-electron chi connectivity index (χ3n) is 5.40. The van der Waals surface area contributed by atoms with Crippen molar-refractivity contribution < 1.29 is 33.3 Å². The van der Waals surface area contributed by atoms with E-state index >= 15 is 0 Å². The number of carbonyl (C=O) groups excluding carboxylic acids is 3. The Bertz CT molecular complexity index is 1240. The standard InChI is InChI=1S/C25H22N2O7S/c28-23(7-4-16-2-5-18-20(12-16)32-11-1-10-31-18)26-8-9-27-24(29)22(35-25(27)30)14-17-3-6-19-21(13-17)34-15-33-19/h2-7,12-14H,1,8-11,15H2,(H,26,28)/b7-4+,22-14-. The minimum Gasteiger partial charge on any atom is -0.490 e. The number of fused-ring (bicyclic) bond motifs is 2. The van der Waals surface area contributed by atoms with Gasteiger partial charge in [-0.2, -0.15) is 0 Å². The van der Waals surface area contributed by atoms with Gasteiger partial charge in [-0.05, 0) is 59.3 Å². The number of thioether (sulfide) groups is 1. The van der Waals surface area contributed by atoms with E-state index in [1.807, 2.05) is 18.2 Å². The van der Waals surface area contributed by atoms with Crippen LogP contribution in [0.15, 0.2) is 47.4 Å². The molecule has 0 aliphatic carbocycles. The van der Waals surface area contributed by atoms with Crippen molar-refractivity contribution in [3.8, 4) is 23.0 Å². The van der Waals surface area contributed by atoms with Crippen LogP contribution in [0, 0.1) is 0 Å². The van der Waals surface area contributed by atoms with Crippen LogP contribution in [0.5, 0.6) is 23.0 Å². The van der Waals surface area contributed by atoms with Gasteiger partial charge in [-0.25, -0.2) is 0 Å². The van der Waals surface area contributed by atoms with E-state index < -0.39 is 5.91 Å². The summed E-state index contributed by atoms with van der Waals surface area (Å²) in [6, 6.07) is 10.8. The molecule has 180 valence electrons. The van der Waals surface area contributed by atoms with Crippen LogP contribution >= 0.6 is 11.8 Å². The van der Waals surface area contributed by atoms with Crippen molar-refractivity contribution in [3.63, 3.8) is 0 Å². The first-order chi connectivity index (χ1) is 17.1. The average Bonchev–Trinajstić information content (AvgIpc) is 3.33. The number of amides is 3. The average molecular weight is 495 g/mol. The Morgan fingerprint density at radius 3 is 2.49 bits per heavy atom. The highest BCUT2D eigenvalue weighted by Gasteiger charge is 2.34. The van der Waals surface area contributed by atoms with Gasteiger partial charge in [0.05, 0.1) is 18.1 Å². The van der Waals surface area contributed by atoms with E-state index in [-0.39, 0.29) is 31.0 Å². The fourth-order valence-corrected chi connectivity index (χ4v) is 4.52. The van der Waals surface area contributed by atoms with Gasteiger partial charge in [0.15, 0.2) is 23.0 Å². The van der Waals surface area contributed by atoms with E-state index in [0.29, 0.717) is 41.1 Å². The summed E-state index contributed by atoms with van der Waals surface area (Å²) in [5.41, 5.74) is 1.52. The van der Waals surface area contributed by atoms with E-state index in [0.717, 1.165) is 34.2 Å². The zero-order valence-electron chi connectivity index (χ0n) is 18.7. The number of nitrogens with one attached hydrogen (secondary N) is 1. The number of hydrogen-bond acceptors (Lipinski definition) is 8. The minimum absolute atomic E-state index is 0.0761. The highest BCUT2D eigenvalue weighted by Crippen LogP contribution is 2.36. The largest absolute Gasteiger partial charge is 0.490 e. The van der Waals surface area contributed by atoms with E-state index in [4.69, 9.17) is 18.9 Å². The molecule has 0 unspecified atom stereocenters. The maximum Gasteiger partial charge on any atom is 0.293 e. The normalized spacial score (nSPS) is 17.8. The maximum atomic E-state index is 12.7. The first-order valence-electron chi connectivity index (χ1n) is 11.1. The second kappa shape index (κ2) is 10.1. The van der Waals surface area contributed by atoms with Crippen molar-refractivity contribution in [1.29, 1.82) is 0 Å². The van der Waals surface area contributed by atoms with Crippen molar-refractivity contribution in [2.75, 3.05) is 33.1 Å². The van der Waals surface area contributed by atoms with Crippen molar-refractivity contribution in [3.05, 3.63) is 58.5 Å². The lowest BCUT2D eigenvalue weighted by molar-refractivity contribution is -0.123. The van der Waals surface area contributed by atoms with Crippen LogP contribution in [0.2, 0.25) is 0 Å². The molecule has 3 aliphatic rings. The molecule has 0 atom stereocenters. The number of imide groups is 1. The molecule has 0 saturated carbocycles. The zero-order chi connectivity index (χ0) is 24.2. The molecule has 2 aromatic rings. The maximum absolute atomic E-state index is 12.7. The van der Waals surface area contributed by atoms with Crippen LogP contribution in [0.1, 0.15) is 17.5 Å². The molecule has 3 amide bonds. The number of ether oxygens (including phenoxy) is 4. The third-order valence-corrected chi connectivity index (χ3v) is 6.31. The van der Waals surface area contributed by atoms with Gasteiger partial charge in [0.1, 0.15) is 0 Å². The van der Waals surface area contributed by atoms with Gasteiger partial charge in [-0.3, -0.25) is 19.3 Å². The summed E-state index contributed by atoms with van der Waals surface area (Å²) in [4.78, 5) is 38.7. The number of rotatable bonds is 6. The topological polar surface area (TPSA) is 103 Å². The van der Waals surface area contributed by atoms with Crippen LogP contribution in [0.25, 0.3) is 12.2 Å². The monoisotopic (exact) mass is 494 g/mol. The summed E-state index contributed by atoms with van der Waals surface area (Å²) < 4.78 is 21.9. The second-order valence-corrected chi connectivity index (χ2v) is 8.82. The van der Waals surface area contributed by atoms with Crippen molar-refractivity contribution in [2.45, 2.75) is 6.42 Å². The number of hydrogen-bond donors (Lipinski definition) is 1. The number of nitrogens with zero attached hydrogens (tertiary/aromatic N) is 1. The van der Waals surface area contributed by atoms with Gasteiger partial charge in [-0.1, -0.05) is 12.1 Å². The molecule has 0 spiro atoms. The first kappa shape index (κ1) is 22.9. The Balaban J connectivity index is 1.13. The molecule has 2 aromatic carbocycles. The predicted octanol–water partition coefficient (Wildman–Crippen LogP) is 3.44. The van der Waals surface area contributed by atoms with Crippen LogP contribution in [0.4, 0.5) is 4.79 Å². The Morgan fingerprint density at radius 1 is 0.943 bits per heavy atom. The predicted molar refractivity (Wildman–Crippen MR) is 129 cm³/mol. The van der Waals surface area contributed by atoms with Crippen molar-refractivity contribution in [2.24, 2.45) is 0 Å². The third kappa shape index (κ3) is 5.27.